The summed E-state index contributed by atoms with van der Waals surface area (Å²) in [5.74, 6) is -0.146. The Morgan fingerprint density at radius 1 is 1.38 bits per heavy atom. The number of ketones is 1. The summed E-state index contributed by atoms with van der Waals surface area (Å²) < 4.78 is 0. The number of carbonyl (C=O) groups is 1. The van der Waals surface area contributed by atoms with E-state index in [0.717, 1.165) is 23.4 Å². The number of hydrogen-bond acceptors (Lipinski definition) is 6. The van der Waals surface area contributed by atoms with E-state index in [4.69, 9.17) is 5.26 Å². The number of hydrazone groups is 1. The second-order valence-corrected chi connectivity index (χ2v) is 6.44. The Hall–Kier alpha value is -3.46. The molecular weight excluding hydrogens is 326 g/mol. The summed E-state index contributed by atoms with van der Waals surface area (Å²) in [6.45, 7) is 1.83. The number of aryl methyl sites for hydroxylation is 1. The van der Waals surface area contributed by atoms with Crippen molar-refractivity contribution in [2.45, 2.75) is 18.9 Å². The largest absolute Gasteiger partial charge is 0.361 e. The molecule has 3 aliphatic rings. The molecule has 0 aromatic heterocycles. The highest BCUT2D eigenvalue weighted by atomic mass is 16.1. The molecule has 0 amide bonds. The quantitative estimate of drug-likeness (QED) is 0.837. The van der Waals surface area contributed by atoms with Gasteiger partial charge in [-0.25, -0.2) is 0 Å². The molecule has 1 unspecified atom stereocenters. The number of nitriles is 1. The molecule has 1 N–H and O–H groups in total. The summed E-state index contributed by atoms with van der Waals surface area (Å²) in [7, 11) is 1.88. The van der Waals surface area contributed by atoms with E-state index >= 15 is 0 Å². The lowest BCUT2D eigenvalue weighted by Crippen LogP contribution is -2.50. The van der Waals surface area contributed by atoms with Crippen LogP contribution in [0.4, 0.5) is 0 Å². The van der Waals surface area contributed by atoms with Crippen LogP contribution >= 0.6 is 0 Å². The van der Waals surface area contributed by atoms with Crippen LogP contribution in [0, 0.1) is 18.3 Å². The van der Waals surface area contributed by atoms with Crippen molar-refractivity contribution in [2.24, 2.45) is 10.1 Å². The first-order valence-corrected chi connectivity index (χ1v) is 8.33. The average Bonchev–Trinajstić information content (AvgIpc) is 2.86. The highest BCUT2D eigenvalue weighted by Gasteiger charge is 2.46. The third kappa shape index (κ3) is 2.29. The Morgan fingerprint density at radius 3 is 3.00 bits per heavy atom. The van der Waals surface area contributed by atoms with E-state index in [1.165, 1.54) is 0 Å². The van der Waals surface area contributed by atoms with Gasteiger partial charge in [0.25, 0.3) is 0 Å². The molecule has 0 bridgehead atoms. The van der Waals surface area contributed by atoms with Crippen LogP contribution in [-0.2, 0) is 0 Å². The van der Waals surface area contributed by atoms with Gasteiger partial charge in [-0.15, -0.1) is 0 Å². The van der Waals surface area contributed by atoms with Gasteiger partial charge in [-0.3, -0.25) is 14.8 Å². The SMILES string of the molecule is Cc1cc(C(=O)C2=CC=NC3=CCC=C4N(C)N=CC34N2)ccc1C#N. The van der Waals surface area contributed by atoms with E-state index in [1.54, 1.807) is 41.7 Å². The van der Waals surface area contributed by atoms with Gasteiger partial charge < -0.3 is 5.32 Å². The molecule has 6 heteroatoms. The molecule has 0 radical (unpaired) electrons. The molecular formula is C20H17N5O. The van der Waals surface area contributed by atoms with E-state index in [0.29, 0.717) is 16.8 Å². The van der Waals surface area contributed by atoms with Crippen LogP contribution < -0.4 is 5.32 Å². The highest BCUT2D eigenvalue weighted by molar-refractivity contribution is 6.11. The van der Waals surface area contributed by atoms with Crippen LogP contribution in [0.1, 0.15) is 27.9 Å². The third-order valence-corrected chi connectivity index (χ3v) is 4.84. The van der Waals surface area contributed by atoms with Crippen LogP contribution in [0.3, 0.4) is 0 Å². The van der Waals surface area contributed by atoms with Crippen molar-refractivity contribution in [3.05, 3.63) is 70.2 Å². The first kappa shape index (κ1) is 16.0. The Balaban J connectivity index is 1.72. The van der Waals surface area contributed by atoms with Crippen LogP contribution in [0.15, 0.2) is 63.6 Å². The maximum Gasteiger partial charge on any atom is 0.208 e. The Labute approximate surface area is 151 Å². The number of nitrogens with one attached hydrogen (secondary N) is 1. The zero-order valence-electron chi connectivity index (χ0n) is 14.5. The second-order valence-electron chi connectivity index (χ2n) is 6.44. The molecule has 1 aromatic rings. The van der Waals surface area contributed by atoms with Gasteiger partial charge in [-0.2, -0.15) is 10.4 Å². The van der Waals surface area contributed by atoms with E-state index in [9.17, 15) is 4.79 Å². The third-order valence-electron chi connectivity index (χ3n) is 4.84. The van der Waals surface area contributed by atoms with Crippen molar-refractivity contribution >= 4 is 18.2 Å². The van der Waals surface area contributed by atoms with Gasteiger partial charge >= 0.3 is 0 Å². The predicted octanol–water partition coefficient (Wildman–Crippen LogP) is 2.45. The number of likely N-dealkylation sites (N-methyl/N-ethyl adjacent to an activating group) is 1. The van der Waals surface area contributed by atoms with Crippen molar-refractivity contribution in [2.75, 3.05) is 7.05 Å². The van der Waals surface area contributed by atoms with Gasteiger partial charge in [0.1, 0.15) is 0 Å². The van der Waals surface area contributed by atoms with E-state index in [-0.39, 0.29) is 5.78 Å². The number of carbonyl (C=O) groups excluding carboxylic acids is 1. The summed E-state index contributed by atoms with van der Waals surface area (Å²) in [4.78, 5) is 17.6. The maximum absolute atomic E-state index is 13.1. The second kappa shape index (κ2) is 5.81. The normalized spacial score (nSPS) is 23.0. The smallest absolute Gasteiger partial charge is 0.208 e. The number of aliphatic imine (C=N–C) groups is 1. The van der Waals surface area contributed by atoms with Crippen molar-refractivity contribution in [1.29, 1.82) is 5.26 Å². The van der Waals surface area contributed by atoms with E-state index in [1.807, 2.05) is 20.0 Å². The summed E-state index contributed by atoms with van der Waals surface area (Å²) in [5.41, 5.74) is 3.39. The van der Waals surface area contributed by atoms with Crippen LogP contribution in [0.25, 0.3) is 0 Å². The molecule has 0 saturated carbocycles. The minimum atomic E-state index is -0.719. The molecule has 4 rings (SSSR count). The van der Waals surface area contributed by atoms with Gasteiger partial charge in [-0.05, 0) is 43.2 Å². The minimum absolute atomic E-state index is 0.146. The van der Waals surface area contributed by atoms with E-state index in [2.05, 4.69) is 27.6 Å². The topological polar surface area (TPSA) is 80.8 Å². The molecule has 128 valence electrons. The Bertz CT molecular complexity index is 1010. The lowest BCUT2D eigenvalue weighted by atomic mass is 9.87. The van der Waals surface area contributed by atoms with Crippen molar-refractivity contribution in [3.8, 4) is 6.07 Å². The molecule has 26 heavy (non-hydrogen) atoms. The average molecular weight is 343 g/mol. The van der Waals surface area contributed by atoms with E-state index < -0.39 is 5.54 Å². The molecule has 0 saturated heterocycles. The molecule has 0 fully saturated rings. The number of benzene rings is 1. The van der Waals surface area contributed by atoms with Gasteiger partial charge in [-0.1, -0.05) is 12.2 Å². The maximum atomic E-state index is 13.1. The first-order valence-electron chi connectivity index (χ1n) is 8.33. The monoisotopic (exact) mass is 343 g/mol. The number of allylic oxidation sites excluding steroid dienone is 4. The minimum Gasteiger partial charge on any atom is -0.361 e. The van der Waals surface area contributed by atoms with Gasteiger partial charge in [0, 0.05) is 18.8 Å². The Kier molecular flexibility index (Phi) is 3.58. The van der Waals surface area contributed by atoms with Crippen LogP contribution in [-0.4, -0.2) is 35.8 Å². The molecule has 2 aliphatic heterocycles. The molecule has 1 atom stereocenters. The zero-order chi connectivity index (χ0) is 18.3. The van der Waals surface area contributed by atoms with Crippen molar-refractivity contribution in [1.82, 2.24) is 10.3 Å². The molecule has 6 nitrogen and oxygen atoms in total. The van der Waals surface area contributed by atoms with Crippen LogP contribution in [0.5, 0.6) is 0 Å². The molecule has 1 spiro atoms. The zero-order valence-corrected chi connectivity index (χ0v) is 14.5. The fourth-order valence-corrected chi connectivity index (χ4v) is 3.47. The van der Waals surface area contributed by atoms with Crippen molar-refractivity contribution in [3.63, 3.8) is 0 Å². The standard InChI is InChI=1S/C20H17N5O/c1-13-10-14(6-7-15(13)11-21)19(26)16-8-9-22-17-4-3-5-18-20(17,24-16)12-23-25(18)2/h4-10,12,24H,3H2,1-2H3. The van der Waals surface area contributed by atoms with Gasteiger partial charge in [0.2, 0.25) is 5.78 Å². The number of hydrogen-bond donors (Lipinski definition) is 1. The van der Waals surface area contributed by atoms with Gasteiger partial charge in [0.05, 0.1) is 34.9 Å². The molecule has 1 aliphatic carbocycles. The first-order chi connectivity index (χ1) is 12.5. The Morgan fingerprint density at radius 2 is 2.23 bits per heavy atom. The molecule has 2 heterocycles. The predicted molar refractivity (Wildman–Crippen MR) is 99.7 cm³/mol. The molecule has 1 aromatic carbocycles. The summed E-state index contributed by atoms with van der Waals surface area (Å²) in [6.07, 6.45) is 10.0. The lowest BCUT2D eigenvalue weighted by Gasteiger charge is -2.34. The highest BCUT2D eigenvalue weighted by Crippen LogP contribution is 2.37. The summed E-state index contributed by atoms with van der Waals surface area (Å²) >= 11 is 0. The number of nitrogens with zero attached hydrogens (tertiary/aromatic N) is 4. The fraction of sp³-hybridized carbons (Fsp3) is 0.200. The lowest BCUT2D eigenvalue weighted by molar-refractivity contribution is 0.102. The number of rotatable bonds is 2. The van der Waals surface area contributed by atoms with Crippen molar-refractivity contribution < 1.29 is 4.79 Å². The summed E-state index contributed by atoms with van der Waals surface area (Å²) in [6, 6.07) is 7.22. The van der Waals surface area contributed by atoms with Crippen LogP contribution in [0.2, 0.25) is 0 Å². The number of Topliss-reactive ketones (excluding diaryl/α,β-unsaturated/α-hetero) is 1. The summed E-state index contributed by atoms with van der Waals surface area (Å²) in [5, 5.41) is 18.6. The van der Waals surface area contributed by atoms with Gasteiger partial charge in [0.15, 0.2) is 5.54 Å². The fourth-order valence-electron chi connectivity index (χ4n) is 3.47.